The lowest BCUT2D eigenvalue weighted by molar-refractivity contribution is -0.118. The predicted molar refractivity (Wildman–Crippen MR) is 86.1 cm³/mol. The van der Waals surface area contributed by atoms with Crippen molar-refractivity contribution in [3.05, 3.63) is 63.3 Å². The zero-order chi connectivity index (χ0) is 17.9. The lowest BCUT2D eigenvalue weighted by atomic mass is 10.0. The number of amides is 1. The van der Waals surface area contributed by atoms with E-state index in [4.69, 9.17) is 0 Å². The minimum Gasteiger partial charge on any atom is -0.477 e. The highest BCUT2D eigenvalue weighted by Crippen LogP contribution is 2.15. The highest BCUT2D eigenvalue weighted by Gasteiger charge is 2.19. The van der Waals surface area contributed by atoms with Crippen LogP contribution < -0.4 is 10.9 Å². The fourth-order valence-electron chi connectivity index (χ4n) is 2.42. The van der Waals surface area contributed by atoms with Gasteiger partial charge in [0.25, 0.3) is 5.56 Å². The summed E-state index contributed by atoms with van der Waals surface area (Å²) in [7, 11) is 0. The van der Waals surface area contributed by atoms with Crippen molar-refractivity contribution in [2.24, 2.45) is 0 Å². The van der Waals surface area contributed by atoms with Crippen LogP contribution in [0.25, 0.3) is 5.69 Å². The molecule has 0 radical (unpaired) electrons. The molecule has 0 atom stereocenters. The Bertz CT molecular complexity index is 841. The highest BCUT2D eigenvalue weighted by molar-refractivity contribution is 5.89. The Kier molecular flexibility index (Phi) is 5.13. The summed E-state index contributed by atoms with van der Waals surface area (Å²) in [5.41, 5.74) is 0.320. The van der Waals surface area contributed by atoms with Gasteiger partial charge in [-0.2, -0.15) is 0 Å². The number of nitrogens with zero attached hydrogens (tertiary/aromatic N) is 1. The van der Waals surface area contributed by atoms with Gasteiger partial charge in [0.1, 0.15) is 11.4 Å². The molecule has 0 bridgehead atoms. The Morgan fingerprint density at radius 3 is 2.42 bits per heavy atom. The van der Waals surface area contributed by atoms with Crippen molar-refractivity contribution in [3.8, 4) is 5.69 Å². The summed E-state index contributed by atoms with van der Waals surface area (Å²) in [5, 5.41) is 12.0. The summed E-state index contributed by atoms with van der Waals surface area (Å²) in [5.74, 6) is -1.98. The Morgan fingerprint density at radius 2 is 1.88 bits per heavy atom. The number of hydrogen-bond donors (Lipinski definition) is 2. The van der Waals surface area contributed by atoms with Gasteiger partial charge in [-0.05, 0) is 48.7 Å². The van der Waals surface area contributed by atoms with Crippen molar-refractivity contribution in [1.29, 1.82) is 0 Å². The van der Waals surface area contributed by atoms with E-state index in [9.17, 15) is 23.9 Å². The first-order valence-electron chi connectivity index (χ1n) is 7.30. The highest BCUT2D eigenvalue weighted by atomic mass is 19.1. The normalized spacial score (nSPS) is 10.5. The van der Waals surface area contributed by atoms with Crippen molar-refractivity contribution >= 4 is 11.9 Å². The second-order valence-electron chi connectivity index (χ2n) is 5.34. The van der Waals surface area contributed by atoms with Crippen LogP contribution in [-0.4, -0.2) is 28.1 Å². The summed E-state index contributed by atoms with van der Waals surface area (Å²) < 4.78 is 14.3. The van der Waals surface area contributed by atoms with Gasteiger partial charge in [0.05, 0.1) is 0 Å². The molecule has 7 heteroatoms. The van der Waals surface area contributed by atoms with Crippen molar-refractivity contribution in [2.45, 2.75) is 20.3 Å². The zero-order valence-corrected chi connectivity index (χ0v) is 13.3. The molecule has 0 saturated heterocycles. The molecule has 1 aromatic carbocycles. The molecule has 2 N–H and O–H groups in total. The first-order valence-corrected chi connectivity index (χ1v) is 7.30. The van der Waals surface area contributed by atoms with Crippen molar-refractivity contribution < 1.29 is 19.1 Å². The van der Waals surface area contributed by atoms with Gasteiger partial charge in [0.2, 0.25) is 5.91 Å². The van der Waals surface area contributed by atoms with Gasteiger partial charge in [-0.1, -0.05) is 0 Å². The van der Waals surface area contributed by atoms with Gasteiger partial charge < -0.3 is 10.4 Å². The number of carbonyl (C=O) groups is 2. The molecule has 2 aromatic rings. The van der Waals surface area contributed by atoms with Gasteiger partial charge in [0.15, 0.2) is 0 Å². The van der Waals surface area contributed by atoms with Crippen LogP contribution in [0, 0.1) is 12.7 Å². The average Bonchev–Trinajstić information content (AvgIpc) is 2.50. The third-order valence-corrected chi connectivity index (χ3v) is 3.66. The predicted octanol–water partition coefficient (Wildman–Crippen LogP) is 1.66. The molecule has 0 saturated carbocycles. The monoisotopic (exact) mass is 332 g/mol. The van der Waals surface area contributed by atoms with E-state index >= 15 is 0 Å². The SMILES string of the molecule is CC(=O)NCCc1cn(-c2ccc(F)cc2)c(=O)c(C(=O)O)c1C. The molecule has 126 valence electrons. The Balaban J connectivity index is 2.56. The maximum atomic E-state index is 13.1. The van der Waals surface area contributed by atoms with Crippen LogP contribution >= 0.6 is 0 Å². The number of benzene rings is 1. The molecule has 0 aliphatic rings. The van der Waals surface area contributed by atoms with E-state index in [-0.39, 0.29) is 11.5 Å². The molecule has 24 heavy (non-hydrogen) atoms. The standard InChI is InChI=1S/C17H17FN2O4/c1-10-12(7-8-19-11(2)21)9-20(16(22)15(10)17(23)24)14-5-3-13(18)4-6-14/h3-6,9H,7-8H2,1-2H3,(H,19,21)(H,23,24). The summed E-state index contributed by atoms with van der Waals surface area (Å²) in [6, 6.07) is 5.18. The number of carboxylic acid groups (broad SMARTS) is 1. The van der Waals surface area contributed by atoms with E-state index < -0.39 is 17.3 Å². The second kappa shape index (κ2) is 7.08. The Morgan fingerprint density at radius 1 is 1.25 bits per heavy atom. The van der Waals surface area contributed by atoms with Crippen LogP contribution in [0.15, 0.2) is 35.3 Å². The van der Waals surface area contributed by atoms with E-state index in [0.717, 1.165) is 0 Å². The molecule has 2 rings (SSSR count). The third-order valence-electron chi connectivity index (χ3n) is 3.66. The van der Waals surface area contributed by atoms with Crippen LogP contribution in [0.3, 0.4) is 0 Å². The molecule has 0 fully saturated rings. The first-order chi connectivity index (χ1) is 11.3. The molecule has 6 nitrogen and oxygen atoms in total. The summed E-state index contributed by atoms with van der Waals surface area (Å²) in [6.07, 6.45) is 1.90. The van der Waals surface area contributed by atoms with Gasteiger partial charge in [-0.3, -0.25) is 14.2 Å². The maximum absolute atomic E-state index is 13.1. The van der Waals surface area contributed by atoms with Crippen LogP contribution in [0.5, 0.6) is 0 Å². The number of nitrogens with one attached hydrogen (secondary N) is 1. The number of pyridine rings is 1. The van der Waals surface area contributed by atoms with E-state index in [1.807, 2.05) is 0 Å². The van der Waals surface area contributed by atoms with Gasteiger partial charge in [-0.15, -0.1) is 0 Å². The number of aromatic carboxylic acids is 1. The fraction of sp³-hybridized carbons (Fsp3) is 0.235. The lowest BCUT2D eigenvalue weighted by Crippen LogP contribution is -2.29. The van der Waals surface area contributed by atoms with Crippen LogP contribution in [0.2, 0.25) is 0 Å². The number of hydrogen-bond acceptors (Lipinski definition) is 3. The molecule has 0 spiro atoms. The summed E-state index contributed by atoms with van der Waals surface area (Å²) >= 11 is 0. The van der Waals surface area contributed by atoms with Gasteiger partial charge in [0, 0.05) is 25.4 Å². The van der Waals surface area contributed by atoms with Crippen LogP contribution in [0.4, 0.5) is 4.39 Å². The molecule has 0 aliphatic carbocycles. The van der Waals surface area contributed by atoms with Gasteiger partial charge in [-0.25, -0.2) is 9.18 Å². The topological polar surface area (TPSA) is 88.4 Å². The first kappa shape index (κ1) is 17.4. The smallest absolute Gasteiger partial charge is 0.341 e. The van der Waals surface area contributed by atoms with E-state index in [1.165, 1.54) is 42.0 Å². The zero-order valence-electron chi connectivity index (χ0n) is 13.3. The Hall–Kier alpha value is -2.96. The number of halogens is 1. The minimum absolute atomic E-state index is 0.196. The molecule has 0 aliphatic heterocycles. The van der Waals surface area contributed by atoms with Crippen molar-refractivity contribution in [1.82, 2.24) is 9.88 Å². The van der Waals surface area contributed by atoms with Crippen molar-refractivity contribution in [2.75, 3.05) is 6.54 Å². The van der Waals surface area contributed by atoms with E-state index in [1.54, 1.807) is 6.92 Å². The Labute approximate surface area is 137 Å². The molecule has 1 heterocycles. The molecule has 0 unspecified atom stereocenters. The molecular weight excluding hydrogens is 315 g/mol. The number of carboxylic acids is 1. The quantitative estimate of drug-likeness (QED) is 0.871. The maximum Gasteiger partial charge on any atom is 0.341 e. The lowest BCUT2D eigenvalue weighted by Gasteiger charge is -2.14. The van der Waals surface area contributed by atoms with E-state index in [2.05, 4.69) is 5.32 Å². The summed E-state index contributed by atoms with van der Waals surface area (Å²) in [6.45, 7) is 3.26. The molecule has 1 aromatic heterocycles. The average molecular weight is 332 g/mol. The van der Waals surface area contributed by atoms with Gasteiger partial charge >= 0.3 is 5.97 Å². The molecule has 1 amide bonds. The van der Waals surface area contributed by atoms with E-state index in [0.29, 0.717) is 29.8 Å². The third kappa shape index (κ3) is 3.68. The number of rotatable bonds is 5. The second-order valence-corrected chi connectivity index (χ2v) is 5.34. The fourth-order valence-corrected chi connectivity index (χ4v) is 2.42. The minimum atomic E-state index is -1.32. The number of aromatic nitrogens is 1. The summed E-state index contributed by atoms with van der Waals surface area (Å²) in [4.78, 5) is 34.9. The van der Waals surface area contributed by atoms with Crippen molar-refractivity contribution in [3.63, 3.8) is 0 Å². The van der Waals surface area contributed by atoms with Crippen LogP contribution in [-0.2, 0) is 11.2 Å². The largest absolute Gasteiger partial charge is 0.477 e. The van der Waals surface area contributed by atoms with Crippen LogP contribution in [0.1, 0.15) is 28.4 Å². The molecular formula is C17H17FN2O4. The number of carbonyl (C=O) groups excluding carboxylic acids is 1.